The zero-order valence-corrected chi connectivity index (χ0v) is 15.7. The van der Waals surface area contributed by atoms with Crippen LogP contribution in [0.15, 0.2) is 48.5 Å². The number of aromatic nitrogens is 1. The number of carboxylic acids is 1. The second kappa shape index (κ2) is 7.57. The molecule has 0 unspecified atom stereocenters. The standard InChI is InChI=1S/C22H21ClN2O2/c23-16-10-11-18-17(14-16)19(22(26)27)21(25-12-6-1-2-7-13-25)20(24-18)15-8-4-3-5-9-15/h3-5,8-11,14H,1-2,6-7,12-13H2,(H,26,27). The minimum absolute atomic E-state index is 0.295. The Morgan fingerprint density at radius 2 is 1.70 bits per heavy atom. The third-order valence-corrected chi connectivity index (χ3v) is 5.34. The molecule has 1 saturated heterocycles. The normalized spacial score (nSPS) is 14.9. The molecule has 0 spiro atoms. The summed E-state index contributed by atoms with van der Waals surface area (Å²) >= 11 is 6.18. The first kappa shape index (κ1) is 17.8. The monoisotopic (exact) mass is 380 g/mol. The van der Waals surface area contributed by atoms with Crippen molar-refractivity contribution >= 4 is 34.2 Å². The highest BCUT2D eigenvalue weighted by molar-refractivity contribution is 6.31. The van der Waals surface area contributed by atoms with E-state index in [9.17, 15) is 9.90 Å². The highest BCUT2D eigenvalue weighted by atomic mass is 35.5. The summed E-state index contributed by atoms with van der Waals surface area (Å²) in [4.78, 5) is 19.4. The number of carbonyl (C=O) groups is 1. The van der Waals surface area contributed by atoms with Crippen LogP contribution in [0.3, 0.4) is 0 Å². The van der Waals surface area contributed by atoms with Crippen LogP contribution in [0.2, 0.25) is 5.02 Å². The molecule has 2 aromatic carbocycles. The Morgan fingerprint density at radius 1 is 1.00 bits per heavy atom. The summed E-state index contributed by atoms with van der Waals surface area (Å²) < 4.78 is 0. The van der Waals surface area contributed by atoms with Crippen LogP contribution < -0.4 is 4.90 Å². The number of carboxylic acid groups (broad SMARTS) is 1. The van der Waals surface area contributed by atoms with Crippen molar-refractivity contribution in [2.45, 2.75) is 25.7 Å². The van der Waals surface area contributed by atoms with Gasteiger partial charge in [-0.25, -0.2) is 9.78 Å². The number of benzene rings is 2. The minimum Gasteiger partial charge on any atom is -0.478 e. The van der Waals surface area contributed by atoms with Gasteiger partial charge in [0.25, 0.3) is 0 Å². The highest BCUT2D eigenvalue weighted by Gasteiger charge is 2.26. The number of halogens is 1. The maximum absolute atomic E-state index is 12.4. The van der Waals surface area contributed by atoms with Crippen molar-refractivity contribution in [2.75, 3.05) is 18.0 Å². The average Bonchev–Trinajstić information content (AvgIpc) is 2.96. The average molecular weight is 381 g/mol. The van der Waals surface area contributed by atoms with E-state index in [0.717, 1.165) is 37.2 Å². The van der Waals surface area contributed by atoms with Crippen molar-refractivity contribution in [3.05, 3.63) is 59.1 Å². The Labute approximate surface area is 163 Å². The number of hydrogen-bond donors (Lipinski definition) is 1. The summed E-state index contributed by atoms with van der Waals surface area (Å²) in [7, 11) is 0. The molecule has 1 aliphatic rings. The van der Waals surface area contributed by atoms with Gasteiger partial charge in [0.2, 0.25) is 0 Å². The van der Waals surface area contributed by atoms with Gasteiger partial charge in [-0.2, -0.15) is 0 Å². The fraction of sp³-hybridized carbons (Fsp3) is 0.273. The molecular formula is C22H21ClN2O2. The van der Waals surface area contributed by atoms with E-state index in [4.69, 9.17) is 16.6 Å². The van der Waals surface area contributed by atoms with Gasteiger partial charge >= 0.3 is 5.97 Å². The molecule has 1 N–H and O–H groups in total. The largest absolute Gasteiger partial charge is 0.478 e. The predicted molar refractivity (Wildman–Crippen MR) is 110 cm³/mol. The van der Waals surface area contributed by atoms with Crippen LogP contribution in [0.25, 0.3) is 22.2 Å². The number of nitrogens with zero attached hydrogens (tertiary/aromatic N) is 2. The fourth-order valence-electron chi connectivity index (χ4n) is 3.84. The van der Waals surface area contributed by atoms with Crippen molar-refractivity contribution in [1.29, 1.82) is 0 Å². The number of rotatable bonds is 3. The van der Waals surface area contributed by atoms with Gasteiger partial charge in [-0.1, -0.05) is 54.8 Å². The molecule has 27 heavy (non-hydrogen) atoms. The van der Waals surface area contributed by atoms with E-state index in [1.807, 2.05) is 30.3 Å². The van der Waals surface area contributed by atoms with Crippen LogP contribution in [-0.2, 0) is 0 Å². The lowest BCUT2D eigenvalue weighted by atomic mass is 9.99. The molecular weight excluding hydrogens is 360 g/mol. The Bertz CT molecular complexity index is 981. The van der Waals surface area contributed by atoms with Gasteiger partial charge in [0.1, 0.15) is 0 Å². The van der Waals surface area contributed by atoms with E-state index in [-0.39, 0.29) is 0 Å². The molecule has 2 heterocycles. The van der Waals surface area contributed by atoms with Gasteiger partial charge in [0, 0.05) is 29.1 Å². The molecule has 1 aromatic heterocycles. The van der Waals surface area contributed by atoms with Gasteiger partial charge in [0.15, 0.2) is 0 Å². The molecule has 0 saturated carbocycles. The molecule has 4 nitrogen and oxygen atoms in total. The van der Waals surface area contributed by atoms with E-state index in [1.165, 1.54) is 12.8 Å². The Kier molecular flexibility index (Phi) is 4.99. The molecule has 1 aliphatic heterocycles. The summed E-state index contributed by atoms with van der Waals surface area (Å²) in [6.45, 7) is 1.68. The molecule has 0 amide bonds. The first-order valence-electron chi connectivity index (χ1n) is 9.32. The molecule has 5 heteroatoms. The summed E-state index contributed by atoms with van der Waals surface area (Å²) in [6.07, 6.45) is 4.46. The van der Waals surface area contributed by atoms with Crippen LogP contribution in [0, 0.1) is 0 Å². The lowest BCUT2D eigenvalue weighted by Crippen LogP contribution is -2.27. The maximum Gasteiger partial charge on any atom is 0.338 e. The summed E-state index contributed by atoms with van der Waals surface area (Å²) in [5, 5.41) is 11.2. The van der Waals surface area contributed by atoms with Crippen molar-refractivity contribution in [3.8, 4) is 11.3 Å². The zero-order valence-electron chi connectivity index (χ0n) is 15.0. The van der Waals surface area contributed by atoms with E-state index in [2.05, 4.69) is 4.90 Å². The topological polar surface area (TPSA) is 53.4 Å². The van der Waals surface area contributed by atoms with Gasteiger partial charge in [0.05, 0.1) is 22.5 Å². The fourth-order valence-corrected chi connectivity index (χ4v) is 4.01. The Balaban J connectivity index is 2.06. The third-order valence-electron chi connectivity index (χ3n) is 5.10. The molecule has 138 valence electrons. The number of hydrogen-bond acceptors (Lipinski definition) is 3. The van der Waals surface area contributed by atoms with Gasteiger partial charge in [-0.05, 0) is 31.0 Å². The predicted octanol–water partition coefficient (Wildman–Crippen LogP) is 5.63. The van der Waals surface area contributed by atoms with E-state index < -0.39 is 5.97 Å². The Hall–Kier alpha value is -2.59. The zero-order chi connectivity index (χ0) is 18.8. The minimum atomic E-state index is -0.943. The molecule has 0 bridgehead atoms. The van der Waals surface area contributed by atoms with Crippen molar-refractivity contribution in [3.63, 3.8) is 0 Å². The lowest BCUT2D eigenvalue weighted by Gasteiger charge is -2.27. The van der Waals surface area contributed by atoms with Gasteiger partial charge in [-0.15, -0.1) is 0 Å². The van der Waals surface area contributed by atoms with Gasteiger partial charge in [-0.3, -0.25) is 0 Å². The Morgan fingerprint density at radius 3 is 2.37 bits per heavy atom. The number of aromatic carboxylic acids is 1. The van der Waals surface area contributed by atoms with E-state index >= 15 is 0 Å². The molecule has 0 aliphatic carbocycles. The molecule has 4 rings (SSSR count). The molecule has 0 radical (unpaired) electrons. The van der Waals surface area contributed by atoms with E-state index in [1.54, 1.807) is 18.2 Å². The number of anilines is 1. The van der Waals surface area contributed by atoms with Crippen molar-refractivity contribution < 1.29 is 9.90 Å². The third kappa shape index (κ3) is 3.50. The second-order valence-electron chi connectivity index (χ2n) is 6.92. The SMILES string of the molecule is O=C(O)c1c(N2CCCCCC2)c(-c2ccccc2)nc2ccc(Cl)cc12. The summed E-state index contributed by atoms with van der Waals surface area (Å²) in [5.41, 5.74) is 3.31. The van der Waals surface area contributed by atoms with Crippen LogP contribution in [0.5, 0.6) is 0 Å². The second-order valence-corrected chi connectivity index (χ2v) is 7.35. The smallest absolute Gasteiger partial charge is 0.338 e. The maximum atomic E-state index is 12.4. The van der Waals surface area contributed by atoms with Crippen molar-refractivity contribution in [1.82, 2.24) is 4.98 Å². The number of pyridine rings is 1. The van der Waals surface area contributed by atoms with Crippen LogP contribution in [0.4, 0.5) is 5.69 Å². The molecule has 0 atom stereocenters. The first-order valence-corrected chi connectivity index (χ1v) is 9.70. The van der Waals surface area contributed by atoms with Gasteiger partial charge < -0.3 is 10.0 Å². The molecule has 3 aromatic rings. The molecule has 1 fully saturated rings. The van der Waals surface area contributed by atoms with Crippen LogP contribution in [-0.4, -0.2) is 29.1 Å². The quantitative estimate of drug-likeness (QED) is 0.639. The van der Waals surface area contributed by atoms with Crippen LogP contribution in [0.1, 0.15) is 36.0 Å². The highest BCUT2D eigenvalue weighted by Crippen LogP contribution is 2.38. The summed E-state index contributed by atoms with van der Waals surface area (Å²) in [5.74, 6) is -0.943. The summed E-state index contributed by atoms with van der Waals surface area (Å²) in [6, 6.07) is 15.1. The van der Waals surface area contributed by atoms with E-state index in [0.29, 0.717) is 27.2 Å². The van der Waals surface area contributed by atoms with Crippen LogP contribution >= 0.6 is 11.6 Å². The lowest BCUT2D eigenvalue weighted by molar-refractivity contribution is 0.0699. The number of fused-ring (bicyclic) bond motifs is 1. The first-order chi connectivity index (χ1) is 13.1. The van der Waals surface area contributed by atoms with Crippen molar-refractivity contribution in [2.24, 2.45) is 0 Å².